The van der Waals surface area contributed by atoms with Gasteiger partial charge in [0.2, 0.25) is 5.95 Å². The van der Waals surface area contributed by atoms with Gasteiger partial charge in [0.05, 0.1) is 18.9 Å². The zero-order valence-corrected chi connectivity index (χ0v) is 17.7. The normalized spacial score (nSPS) is 25.7. The van der Waals surface area contributed by atoms with E-state index in [-0.39, 0.29) is 11.6 Å². The molecule has 1 saturated carbocycles. The summed E-state index contributed by atoms with van der Waals surface area (Å²) in [4.78, 5) is 18.4. The average molecular weight is 444 g/mol. The highest BCUT2D eigenvalue weighted by molar-refractivity contribution is 5.68. The fourth-order valence-electron chi connectivity index (χ4n) is 5.31. The summed E-state index contributed by atoms with van der Waals surface area (Å²) in [6.07, 6.45) is 6.07. The van der Waals surface area contributed by atoms with E-state index in [1.54, 1.807) is 6.20 Å². The molecule has 0 aromatic carbocycles. The summed E-state index contributed by atoms with van der Waals surface area (Å²) in [6, 6.07) is 3.88. The maximum atomic E-state index is 12.8. The number of nitrogen functional groups attached to an aromatic ring is 1. The largest absolute Gasteiger partial charge is 0.431 e. The molecular formula is C22H26F2N6O2. The monoisotopic (exact) mass is 444 g/mol. The number of anilines is 3. The van der Waals surface area contributed by atoms with Crippen molar-refractivity contribution in [3.63, 3.8) is 0 Å². The molecule has 2 aromatic heterocycles. The standard InChI is InChI=1S/C22H26F2N6O2/c23-20(24)32-17-7-14(9-26-19(17)25)16-8-18(29-3-1-22(2-4-29)11-31-12-22)28-21(27-16)30-10-13-5-15(30)6-13/h7-9,13,15,20H,1-6,10-12H2,(H2,25,26). The second-order valence-corrected chi connectivity index (χ2v) is 9.52. The maximum absolute atomic E-state index is 12.8. The molecule has 4 saturated heterocycles. The van der Waals surface area contributed by atoms with E-state index >= 15 is 0 Å². The number of ether oxygens (including phenoxy) is 2. The third-order valence-corrected chi connectivity index (χ3v) is 7.42. The van der Waals surface area contributed by atoms with Gasteiger partial charge in [0.15, 0.2) is 11.6 Å². The molecule has 0 radical (unpaired) electrons. The van der Waals surface area contributed by atoms with Crippen molar-refractivity contribution in [3.05, 3.63) is 18.3 Å². The Hall–Kier alpha value is -2.75. The number of alkyl halides is 2. The predicted molar refractivity (Wildman–Crippen MR) is 115 cm³/mol. The van der Waals surface area contributed by atoms with Crippen molar-refractivity contribution in [3.8, 4) is 17.0 Å². The molecule has 1 aliphatic carbocycles. The van der Waals surface area contributed by atoms with Gasteiger partial charge in [-0.05, 0) is 37.7 Å². The topological polar surface area (TPSA) is 89.6 Å². The fraction of sp³-hybridized carbons (Fsp3) is 0.591. The van der Waals surface area contributed by atoms with Crippen LogP contribution in [0.3, 0.4) is 0 Å². The fourth-order valence-corrected chi connectivity index (χ4v) is 5.31. The Labute approximate surface area is 184 Å². The Kier molecular flexibility index (Phi) is 4.60. The molecule has 2 N–H and O–H groups in total. The van der Waals surface area contributed by atoms with Crippen LogP contribution >= 0.6 is 0 Å². The SMILES string of the molecule is Nc1ncc(-c2cc(N3CCC4(CC3)COC4)nc(N3CC4CC3C4)n2)cc1OC(F)F. The van der Waals surface area contributed by atoms with Crippen molar-refractivity contribution >= 4 is 17.6 Å². The summed E-state index contributed by atoms with van der Waals surface area (Å²) in [5, 5.41) is 0. The van der Waals surface area contributed by atoms with Crippen LogP contribution in [0.25, 0.3) is 11.3 Å². The first-order valence-corrected chi connectivity index (χ1v) is 11.2. The molecular weight excluding hydrogens is 418 g/mol. The molecule has 2 aromatic rings. The van der Waals surface area contributed by atoms with Crippen LogP contribution in [0.2, 0.25) is 0 Å². The molecule has 0 atom stereocenters. The van der Waals surface area contributed by atoms with Gasteiger partial charge in [0, 0.05) is 48.9 Å². The number of nitrogens with zero attached hydrogens (tertiary/aromatic N) is 5. The lowest BCUT2D eigenvalue weighted by atomic mass is 9.77. The van der Waals surface area contributed by atoms with Crippen LogP contribution in [0.4, 0.5) is 26.4 Å². The summed E-state index contributed by atoms with van der Waals surface area (Å²) in [5.41, 5.74) is 7.27. The molecule has 5 fully saturated rings. The number of rotatable bonds is 5. The minimum absolute atomic E-state index is 0.0760. The third-order valence-electron chi connectivity index (χ3n) is 7.42. The van der Waals surface area contributed by atoms with Gasteiger partial charge in [0.25, 0.3) is 0 Å². The summed E-state index contributed by atoms with van der Waals surface area (Å²) in [5.74, 6) is 2.05. The van der Waals surface area contributed by atoms with Crippen molar-refractivity contribution in [2.45, 2.75) is 38.3 Å². The number of halogens is 2. The van der Waals surface area contributed by atoms with Crippen LogP contribution in [0, 0.1) is 11.3 Å². The first kappa shape index (κ1) is 19.9. The van der Waals surface area contributed by atoms with E-state index < -0.39 is 6.61 Å². The van der Waals surface area contributed by atoms with Gasteiger partial charge in [-0.15, -0.1) is 0 Å². The van der Waals surface area contributed by atoms with Crippen LogP contribution < -0.4 is 20.3 Å². The molecule has 10 heteroatoms. The maximum Gasteiger partial charge on any atom is 0.387 e. The van der Waals surface area contributed by atoms with Gasteiger partial charge < -0.3 is 25.0 Å². The van der Waals surface area contributed by atoms with Crippen molar-refractivity contribution in [1.82, 2.24) is 15.0 Å². The highest BCUT2D eigenvalue weighted by atomic mass is 19.3. The minimum atomic E-state index is -2.97. The minimum Gasteiger partial charge on any atom is -0.431 e. The van der Waals surface area contributed by atoms with Crippen LogP contribution in [-0.2, 0) is 4.74 Å². The quantitative estimate of drug-likeness (QED) is 0.753. The predicted octanol–water partition coefficient (Wildman–Crippen LogP) is 2.94. The van der Waals surface area contributed by atoms with E-state index in [2.05, 4.69) is 19.5 Å². The first-order valence-electron chi connectivity index (χ1n) is 11.2. The molecule has 5 aliphatic rings. The van der Waals surface area contributed by atoms with Gasteiger partial charge in [-0.25, -0.2) is 9.97 Å². The van der Waals surface area contributed by atoms with Crippen molar-refractivity contribution in [2.75, 3.05) is 48.4 Å². The van der Waals surface area contributed by atoms with Crippen LogP contribution in [-0.4, -0.2) is 60.5 Å². The number of hydrogen-bond donors (Lipinski definition) is 1. The molecule has 170 valence electrons. The summed E-state index contributed by atoms with van der Waals surface area (Å²) < 4.78 is 35.6. The second-order valence-electron chi connectivity index (χ2n) is 9.52. The number of pyridine rings is 1. The van der Waals surface area contributed by atoms with E-state index in [1.165, 1.54) is 18.9 Å². The van der Waals surface area contributed by atoms with Crippen molar-refractivity contribution in [2.24, 2.45) is 11.3 Å². The Balaban J connectivity index is 1.35. The van der Waals surface area contributed by atoms with Crippen molar-refractivity contribution in [1.29, 1.82) is 0 Å². The van der Waals surface area contributed by atoms with Crippen LogP contribution in [0.5, 0.6) is 5.75 Å². The van der Waals surface area contributed by atoms with E-state index in [9.17, 15) is 8.78 Å². The van der Waals surface area contributed by atoms with Gasteiger partial charge in [-0.3, -0.25) is 0 Å². The Bertz CT molecular complexity index is 1020. The number of fused-ring (bicyclic) bond motifs is 1. The van der Waals surface area contributed by atoms with Gasteiger partial charge in [0.1, 0.15) is 5.82 Å². The highest BCUT2D eigenvalue weighted by Gasteiger charge is 2.44. The Morgan fingerprint density at radius 2 is 1.94 bits per heavy atom. The van der Waals surface area contributed by atoms with Gasteiger partial charge >= 0.3 is 6.61 Å². The highest BCUT2D eigenvalue weighted by Crippen LogP contribution is 2.44. The average Bonchev–Trinajstić information content (AvgIpc) is 3.35. The second kappa shape index (κ2) is 7.40. The van der Waals surface area contributed by atoms with E-state index in [0.29, 0.717) is 34.6 Å². The smallest absolute Gasteiger partial charge is 0.387 e. The van der Waals surface area contributed by atoms with Crippen LogP contribution in [0.1, 0.15) is 25.7 Å². The lowest BCUT2D eigenvalue weighted by Crippen LogP contribution is -2.51. The number of hydrogen-bond acceptors (Lipinski definition) is 8. The lowest BCUT2D eigenvalue weighted by Gasteiger charge is -2.47. The molecule has 0 unspecified atom stereocenters. The van der Waals surface area contributed by atoms with Crippen molar-refractivity contribution < 1.29 is 18.3 Å². The van der Waals surface area contributed by atoms with E-state index in [4.69, 9.17) is 20.4 Å². The van der Waals surface area contributed by atoms with Crippen LogP contribution in [0.15, 0.2) is 18.3 Å². The molecule has 7 rings (SSSR count). The van der Waals surface area contributed by atoms with Gasteiger partial charge in [-0.2, -0.15) is 13.8 Å². The molecule has 0 amide bonds. The zero-order valence-electron chi connectivity index (χ0n) is 17.7. The van der Waals surface area contributed by atoms with Gasteiger partial charge in [-0.1, -0.05) is 0 Å². The molecule has 32 heavy (non-hydrogen) atoms. The lowest BCUT2D eigenvalue weighted by molar-refractivity contribution is -0.124. The molecule has 8 nitrogen and oxygen atoms in total. The molecule has 1 spiro atoms. The zero-order chi connectivity index (χ0) is 21.9. The summed E-state index contributed by atoms with van der Waals surface area (Å²) >= 11 is 0. The Morgan fingerprint density at radius 3 is 2.56 bits per heavy atom. The summed E-state index contributed by atoms with van der Waals surface area (Å²) in [6.45, 7) is 1.51. The number of aromatic nitrogens is 3. The number of nitrogens with two attached hydrogens (primary N) is 1. The number of piperidine rings is 1. The van der Waals surface area contributed by atoms with E-state index in [0.717, 1.165) is 51.5 Å². The molecule has 6 heterocycles. The summed E-state index contributed by atoms with van der Waals surface area (Å²) in [7, 11) is 0. The first-order chi connectivity index (χ1) is 15.5. The molecule has 4 aliphatic heterocycles. The van der Waals surface area contributed by atoms with E-state index in [1.807, 2.05) is 6.07 Å². The third kappa shape index (κ3) is 3.41. The Morgan fingerprint density at radius 1 is 1.16 bits per heavy atom. The molecule has 2 bridgehead atoms.